The van der Waals surface area contributed by atoms with E-state index < -0.39 is 0 Å². The molecular formula is C9H12N4O. The van der Waals surface area contributed by atoms with Crippen LogP contribution in [-0.4, -0.2) is 19.7 Å². The highest BCUT2D eigenvalue weighted by Gasteiger charge is 2.07. The molecule has 2 aromatic rings. The first-order chi connectivity index (χ1) is 6.68. The monoisotopic (exact) mass is 192 g/mol. The molecule has 0 aliphatic rings. The Kier molecular flexibility index (Phi) is 2.07. The second kappa shape index (κ2) is 3.25. The molecule has 5 nitrogen and oxygen atoms in total. The van der Waals surface area contributed by atoms with Gasteiger partial charge in [0.1, 0.15) is 5.39 Å². The maximum absolute atomic E-state index is 11.3. The zero-order chi connectivity index (χ0) is 10.1. The Morgan fingerprint density at radius 1 is 1.57 bits per heavy atom. The number of nitrogens with one attached hydrogen (secondary N) is 1. The zero-order valence-electron chi connectivity index (χ0n) is 8.19. The number of H-pyrrole nitrogens is 1. The van der Waals surface area contributed by atoms with Crippen LogP contribution in [0.5, 0.6) is 0 Å². The first-order valence-corrected chi connectivity index (χ1v) is 4.57. The fraction of sp³-hybridized carbons (Fsp3) is 0.444. The molecule has 0 aliphatic heterocycles. The van der Waals surface area contributed by atoms with Gasteiger partial charge in [0.15, 0.2) is 5.65 Å². The summed E-state index contributed by atoms with van der Waals surface area (Å²) in [6.07, 6.45) is 2.96. The average Bonchev–Trinajstić information content (AvgIpc) is 2.49. The number of rotatable bonds is 2. The molecule has 0 saturated carbocycles. The highest BCUT2D eigenvalue weighted by Crippen LogP contribution is 2.06. The molecule has 0 fully saturated rings. The highest BCUT2D eigenvalue weighted by molar-refractivity contribution is 5.72. The molecule has 0 saturated heterocycles. The first-order valence-electron chi connectivity index (χ1n) is 4.57. The van der Waals surface area contributed by atoms with Crippen molar-refractivity contribution in [3.63, 3.8) is 0 Å². The van der Waals surface area contributed by atoms with Gasteiger partial charge in [-0.25, -0.2) is 9.67 Å². The molecule has 0 spiro atoms. The normalized spacial score (nSPS) is 11.4. The van der Waals surface area contributed by atoms with E-state index in [9.17, 15) is 4.79 Å². The standard InChI is InChI=1S/C9H12N4O/c1-6(2)4-13-8-7(3-12-13)9(14)11-5-10-8/h3,5-6H,4H2,1-2H3,(H,10,11,14). The largest absolute Gasteiger partial charge is 0.312 e. The van der Waals surface area contributed by atoms with E-state index in [4.69, 9.17) is 0 Å². The van der Waals surface area contributed by atoms with Crippen molar-refractivity contribution in [1.29, 1.82) is 0 Å². The molecule has 2 aromatic heterocycles. The van der Waals surface area contributed by atoms with Crippen LogP contribution in [-0.2, 0) is 6.54 Å². The van der Waals surface area contributed by atoms with E-state index in [0.29, 0.717) is 17.0 Å². The summed E-state index contributed by atoms with van der Waals surface area (Å²) < 4.78 is 1.76. The third kappa shape index (κ3) is 1.41. The van der Waals surface area contributed by atoms with Gasteiger partial charge in [-0.3, -0.25) is 4.79 Å². The van der Waals surface area contributed by atoms with E-state index in [1.54, 1.807) is 10.9 Å². The lowest BCUT2D eigenvalue weighted by molar-refractivity contribution is 0.492. The summed E-state index contributed by atoms with van der Waals surface area (Å²) in [6.45, 7) is 4.97. The van der Waals surface area contributed by atoms with E-state index in [2.05, 4.69) is 28.9 Å². The summed E-state index contributed by atoms with van der Waals surface area (Å²) in [5.41, 5.74) is 0.521. The fourth-order valence-corrected chi connectivity index (χ4v) is 1.38. The van der Waals surface area contributed by atoms with Gasteiger partial charge in [0.25, 0.3) is 5.56 Å². The molecule has 0 bridgehead atoms. The van der Waals surface area contributed by atoms with Gasteiger partial charge in [0.05, 0.1) is 12.5 Å². The minimum atomic E-state index is -0.134. The van der Waals surface area contributed by atoms with E-state index in [0.717, 1.165) is 6.54 Å². The first kappa shape index (κ1) is 8.93. The third-order valence-corrected chi connectivity index (χ3v) is 1.98. The fourth-order valence-electron chi connectivity index (χ4n) is 1.38. The summed E-state index contributed by atoms with van der Waals surface area (Å²) in [6, 6.07) is 0. The van der Waals surface area contributed by atoms with E-state index in [1.807, 2.05) is 0 Å². The molecule has 2 rings (SSSR count). The molecule has 14 heavy (non-hydrogen) atoms. The molecular weight excluding hydrogens is 180 g/mol. The van der Waals surface area contributed by atoms with Crippen LogP contribution in [0.1, 0.15) is 13.8 Å². The van der Waals surface area contributed by atoms with Crippen molar-refractivity contribution in [2.75, 3.05) is 0 Å². The molecule has 1 N–H and O–H groups in total. The molecule has 0 aromatic carbocycles. The van der Waals surface area contributed by atoms with Crippen molar-refractivity contribution in [3.05, 3.63) is 22.9 Å². The second-order valence-electron chi connectivity index (χ2n) is 3.69. The lowest BCUT2D eigenvalue weighted by Gasteiger charge is -2.04. The molecule has 2 heterocycles. The summed E-state index contributed by atoms with van der Waals surface area (Å²) in [4.78, 5) is 17.9. The minimum Gasteiger partial charge on any atom is -0.312 e. The third-order valence-electron chi connectivity index (χ3n) is 1.98. The van der Waals surface area contributed by atoms with Gasteiger partial charge in [-0.15, -0.1) is 0 Å². The van der Waals surface area contributed by atoms with Gasteiger partial charge in [0.2, 0.25) is 0 Å². The van der Waals surface area contributed by atoms with Crippen LogP contribution in [0.2, 0.25) is 0 Å². The van der Waals surface area contributed by atoms with Crippen LogP contribution in [0.25, 0.3) is 11.0 Å². The van der Waals surface area contributed by atoms with Crippen LogP contribution < -0.4 is 5.56 Å². The van der Waals surface area contributed by atoms with E-state index in [1.165, 1.54) is 6.33 Å². The van der Waals surface area contributed by atoms with Crippen molar-refractivity contribution >= 4 is 11.0 Å². The Hall–Kier alpha value is -1.65. The number of nitrogens with zero attached hydrogens (tertiary/aromatic N) is 3. The van der Waals surface area contributed by atoms with Crippen LogP contribution >= 0.6 is 0 Å². The van der Waals surface area contributed by atoms with Crippen LogP contribution in [0.3, 0.4) is 0 Å². The van der Waals surface area contributed by atoms with Crippen molar-refractivity contribution in [1.82, 2.24) is 19.7 Å². The SMILES string of the molecule is CC(C)Cn1ncc2c(=O)[nH]cnc21. The Balaban J connectivity index is 2.58. The maximum atomic E-state index is 11.3. The van der Waals surface area contributed by atoms with E-state index in [-0.39, 0.29) is 5.56 Å². The number of aromatic amines is 1. The Labute approximate surface area is 80.8 Å². The molecule has 0 aliphatic carbocycles. The van der Waals surface area contributed by atoms with E-state index >= 15 is 0 Å². The Morgan fingerprint density at radius 3 is 3.07 bits per heavy atom. The number of hydrogen-bond donors (Lipinski definition) is 1. The molecule has 0 radical (unpaired) electrons. The summed E-state index contributed by atoms with van der Waals surface area (Å²) >= 11 is 0. The number of aromatic nitrogens is 4. The zero-order valence-corrected chi connectivity index (χ0v) is 8.19. The summed E-state index contributed by atoms with van der Waals surface area (Å²) in [7, 11) is 0. The second-order valence-corrected chi connectivity index (χ2v) is 3.69. The molecule has 74 valence electrons. The van der Waals surface area contributed by atoms with Crippen molar-refractivity contribution in [3.8, 4) is 0 Å². The highest BCUT2D eigenvalue weighted by atomic mass is 16.1. The quantitative estimate of drug-likeness (QED) is 0.764. The molecule has 0 atom stereocenters. The van der Waals surface area contributed by atoms with Crippen LogP contribution in [0.15, 0.2) is 17.3 Å². The van der Waals surface area contributed by atoms with Gasteiger partial charge < -0.3 is 4.98 Å². The smallest absolute Gasteiger partial charge is 0.261 e. The van der Waals surface area contributed by atoms with Crippen molar-refractivity contribution < 1.29 is 0 Å². The summed E-state index contributed by atoms with van der Waals surface area (Å²) in [5.74, 6) is 0.485. The summed E-state index contributed by atoms with van der Waals surface area (Å²) in [5, 5.41) is 4.68. The predicted molar refractivity (Wildman–Crippen MR) is 53.0 cm³/mol. The molecule has 0 unspecified atom stereocenters. The Bertz CT molecular complexity index is 497. The van der Waals surface area contributed by atoms with Gasteiger partial charge in [-0.2, -0.15) is 5.10 Å². The van der Waals surface area contributed by atoms with Crippen LogP contribution in [0, 0.1) is 5.92 Å². The maximum Gasteiger partial charge on any atom is 0.261 e. The van der Waals surface area contributed by atoms with Crippen LogP contribution in [0.4, 0.5) is 0 Å². The predicted octanol–water partition coefficient (Wildman–Crippen LogP) is 0.776. The number of fused-ring (bicyclic) bond motifs is 1. The van der Waals surface area contributed by atoms with Gasteiger partial charge in [-0.1, -0.05) is 13.8 Å². The minimum absolute atomic E-state index is 0.134. The van der Waals surface area contributed by atoms with Crippen molar-refractivity contribution in [2.45, 2.75) is 20.4 Å². The van der Waals surface area contributed by atoms with Gasteiger partial charge in [-0.05, 0) is 5.92 Å². The lowest BCUT2D eigenvalue weighted by Crippen LogP contribution is -2.09. The van der Waals surface area contributed by atoms with Crippen molar-refractivity contribution in [2.24, 2.45) is 5.92 Å². The Morgan fingerprint density at radius 2 is 2.36 bits per heavy atom. The average molecular weight is 192 g/mol. The van der Waals surface area contributed by atoms with Gasteiger partial charge >= 0.3 is 0 Å². The lowest BCUT2D eigenvalue weighted by atomic mass is 10.2. The number of hydrogen-bond acceptors (Lipinski definition) is 3. The molecule has 0 amide bonds. The van der Waals surface area contributed by atoms with Gasteiger partial charge in [0, 0.05) is 6.54 Å². The topological polar surface area (TPSA) is 63.6 Å². The molecule has 5 heteroatoms.